The van der Waals surface area contributed by atoms with Gasteiger partial charge in [0.05, 0.1) is 6.26 Å². The number of hydrogen-bond donors (Lipinski definition) is 2. The number of carbonyl (C=O) groups excluding carboxylic acids is 1. The molecule has 0 radical (unpaired) electrons. The molecule has 0 aliphatic rings. The van der Waals surface area contributed by atoms with Gasteiger partial charge in [0.1, 0.15) is 5.76 Å². The van der Waals surface area contributed by atoms with Gasteiger partial charge in [0.2, 0.25) is 0 Å². The summed E-state index contributed by atoms with van der Waals surface area (Å²) < 4.78 is 0. The molecular weight excluding hydrogens is 156 g/mol. The fourth-order valence-electron chi connectivity index (χ4n) is 0.460. The van der Waals surface area contributed by atoms with Gasteiger partial charge in [-0.2, -0.15) is 0 Å². The third-order valence-corrected chi connectivity index (χ3v) is 1.30. The molecule has 0 amide bonds. The summed E-state index contributed by atoms with van der Waals surface area (Å²) in [6, 6.07) is 0. The lowest BCUT2D eigenvalue weighted by Gasteiger charge is -1.90. The molecule has 0 aromatic heterocycles. The molecule has 0 saturated heterocycles. The van der Waals surface area contributed by atoms with E-state index in [1.807, 2.05) is 0 Å². The SMILES string of the molecule is CC(=O)/C(C)=C/C=C(O)\C=C\O. The Morgan fingerprint density at radius 3 is 2.25 bits per heavy atom. The number of hydrogen-bond acceptors (Lipinski definition) is 3. The molecule has 12 heavy (non-hydrogen) atoms. The highest BCUT2D eigenvalue weighted by Crippen LogP contribution is 1.97. The minimum atomic E-state index is -0.0990. The average molecular weight is 168 g/mol. The van der Waals surface area contributed by atoms with Crippen molar-refractivity contribution in [2.24, 2.45) is 0 Å². The van der Waals surface area contributed by atoms with E-state index in [0.29, 0.717) is 5.57 Å². The van der Waals surface area contributed by atoms with E-state index in [2.05, 4.69) is 0 Å². The summed E-state index contributed by atoms with van der Waals surface area (Å²) in [5.41, 5.74) is 0.549. The number of ketones is 1. The van der Waals surface area contributed by atoms with Crippen molar-refractivity contribution in [1.82, 2.24) is 0 Å². The molecule has 0 saturated carbocycles. The zero-order chi connectivity index (χ0) is 9.56. The maximum atomic E-state index is 10.7. The molecule has 0 aliphatic heterocycles. The van der Waals surface area contributed by atoms with Crippen LogP contribution in [0.4, 0.5) is 0 Å². The Balaban J connectivity index is 4.37. The Hall–Kier alpha value is -1.51. The van der Waals surface area contributed by atoms with E-state index in [9.17, 15) is 4.79 Å². The van der Waals surface area contributed by atoms with Crippen LogP contribution in [0, 0.1) is 0 Å². The minimum Gasteiger partial charge on any atom is -0.515 e. The van der Waals surface area contributed by atoms with Gasteiger partial charge in [-0.15, -0.1) is 0 Å². The summed E-state index contributed by atoms with van der Waals surface area (Å²) in [6.07, 6.45) is 4.66. The first-order valence-electron chi connectivity index (χ1n) is 3.47. The highest BCUT2D eigenvalue weighted by atomic mass is 16.3. The van der Waals surface area contributed by atoms with Crippen molar-refractivity contribution in [3.63, 3.8) is 0 Å². The van der Waals surface area contributed by atoms with Crippen LogP contribution >= 0.6 is 0 Å². The molecule has 0 bridgehead atoms. The summed E-state index contributed by atoms with van der Waals surface area (Å²) in [4.78, 5) is 10.7. The summed E-state index contributed by atoms with van der Waals surface area (Å²) >= 11 is 0. The number of aliphatic hydroxyl groups excluding tert-OH is 2. The van der Waals surface area contributed by atoms with E-state index < -0.39 is 0 Å². The van der Waals surface area contributed by atoms with Crippen molar-refractivity contribution in [3.05, 3.63) is 35.8 Å². The molecule has 2 N–H and O–H groups in total. The lowest BCUT2D eigenvalue weighted by Crippen LogP contribution is -1.89. The smallest absolute Gasteiger partial charge is 0.155 e. The van der Waals surface area contributed by atoms with Crippen LogP contribution in [0.3, 0.4) is 0 Å². The Bertz CT molecular complexity index is 246. The molecule has 0 fully saturated rings. The highest BCUT2D eigenvalue weighted by molar-refractivity contribution is 5.92. The molecule has 0 heterocycles. The third-order valence-electron chi connectivity index (χ3n) is 1.30. The first-order chi connectivity index (χ1) is 5.57. The molecule has 0 unspecified atom stereocenters. The van der Waals surface area contributed by atoms with Gasteiger partial charge in [0.25, 0.3) is 0 Å². The van der Waals surface area contributed by atoms with Gasteiger partial charge in [-0.1, -0.05) is 6.08 Å². The van der Waals surface area contributed by atoms with Gasteiger partial charge < -0.3 is 10.2 Å². The van der Waals surface area contributed by atoms with Crippen molar-refractivity contribution in [1.29, 1.82) is 0 Å². The van der Waals surface area contributed by atoms with Crippen LogP contribution in [-0.4, -0.2) is 16.0 Å². The molecule has 3 nitrogen and oxygen atoms in total. The van der Waals surface area contributed by atoms with Gasteiger partial charge in [0.15, 0.2) is 5.78 Å². The average Bonchev–Trinajstić information content (AvgIpc) is 2.00. The number of aliphatic hydroxyl groups is 2. The topological polar surface area (TPSA) is 57.5 Å². The maximum Gasteiger partial charge on any atom is 0.155 e. The highest BCUT2D eigenvalue weighted by Gasteiger charge is 1.92. The van der Waals surface area contributed by atoms with E-state index in [4.69, 9.17) is 10.2 Å². The van der Waals surface area contributed by atoms with Gasteiger partial charge in [-0.3, -0.25) is 4.79 Å². The molecular formula is C9H12O3. The second-order valence-corrected chi connectivity index (χ2v) is 2.31. The quantitative estimate of drug-likeness (QED) is 0.385. The Morgan fingerprint density at radius 1 is 1.25 bits per heavy atom. The minimum absolute atomic E-state index is 0.0490. The third kappa shape index (κ3) is 4.33. The van der Waals surface area contributed by atoms with E-state index >= 15 is 0 Å². The number of rotatable bonds is 3. The molecule has 0 spiro atoms. The Labute approximate surface area is 71.3 Å². The van der Waals surface area contributed by atoms with Crippen LogP contribution in [0.25, 0.3) is 0 Å². The standard InChI is InChI=1S/C9H12O3/c1-7(8(2)11)3-4-9(12)5-6-10/h3-6,10,12H,1-2H3/b6-5+,7-3+,9-4+. The zero-order valence-corrected chi connectivity index (χ0v) is 7.11. The van der Waals surface area contributed by atoms with E-state index in [1.54, 1.807) is 6.92 Å². The van der Waals surface area contributed by atoms with Crippen LogP contribution in [0.5, 0.6) is 0 Å². The monoisotopic (exact) mass is 168 g/mol. The molecule has 0 aliphatic carbocycles. The predicted octanol–water partition coefficient (Wildman–Crippen LogP) is 2.04. The van der Waals surface area contributed by atoms with Gasteiger partial charge in [0, 0.05) is 6.08 Å². The fraction of sp³-hybridized carbons (Fsp3) is 0.222. The van der Waals surface area contributed by atoms with Crippen LogP contribution in [0.15, 0.2) is 35.8 Å². The predicted molar refractivity (Wildman–Crippen MR) is 46.9 cm³/mol. The van der Waals surface area contributed by atoms with E-state index in [1.165, 1.54) is 19.1 Å². The van der Waals surface area contributed by atoms with E-state index in [0.717, 1.165) is 12.3 Å². The molecule has 66 valence electrons. The normalized spacial score (nSPS) is 13.8. The van der Waals surface area contributed by atoms with Crippen molar-refractivity contribution in [2.45, 2.75) is 13.8 Å². The van der Waals surface area contributed by atoms with Crippen molar-refractivity contribution < 1.29 is 15.0 Å². The van der Waals surface area contributed by atoms with Crippen LogP contribution in [0.2, 0.25) is 0 Å². The summed E-state index contributed by atoms with van der Waals surface area (Å²) in [5.74, 6) is -0.148. The molecule has 0 rings (SSSR count). The second kappa shape index (κ2) is 5.18. The van der Waals surface area contributed by atoms with Crippen LogP contribution in [-0.2, 0) is 4.79 Å². The van der Waals surface area contributed by atoms with Crippen LogP contribution in [0.1, 0.15) is 13.8 Å². The second-order valence-electron chi connectivity index (χ2n) is 2.31. The van der Waals surface area contributed by atoms with Crippen LogP contribution < -0.4 is 0 Å². The molecule has 0 aromatic rings. The summed E-state index contributed by atoms with van der Waals surface area (Å²) in [5, 5.41) is 17.2. The lowest BCUT2D eigenvalue weighted by atomic mass is 10.2. The Morgan fingerprint density at radius 2 is 1.83 bits per heavy atom. The number of allylic oxidation sites excluding steroid dienone is 4. The summed E-state index contributed by atoms with van der Waals surface area (Å²) in [6.45, 7) is 3.09. The maximum absolute atomic E-state index is 10.7. The summed E-state index contributed by atoms with van der Waals surface area (Å²) in [7, 11) is 0. The fourth-order valence-corrected chi connectivity index (χ4v) is 0.460. The van der Waals surface area contributed by atoms with Crippen molar-refractivity contribution in [2.75, 3.05) is 0 Å². The molecule has 3 heteroatoms. The van der Waals surface area contributed by atoms with Gasteiger partial charge >= 0.3 is 0 Å². The van der Waals surface area contributed by atoms with Gasteiger partial charge in [-0.25, -0.2) is 0 Å². The molecule has 0 atom stereocenters. The van der Waals surface area contributed by atoms with Crippen molar-refractivity contribution >= 4 is 5.78 Å². The lowest BCUT2D eigenvalue weighted by molar-refractivity contribution is -0.113. The number of Topliss-reactive ketones (excluding diaryl/α,β-unsaturated/α-hetero) is 1. The first kappa shape index (κ1) is 10.5. The zero-order valence-electron chi connectivity index (χ0n) is 7.11. The Kier molecular flexibility index (Phi) is 4.53. The van der Waals surface area contributed by atoms with Gasteiger partial charge in [-0.05, 0) is 25.5 Å². The van der Waals surface area contributed by atoms with Crippen molar-refractivity contribution in [3.8, 4) is 0 Å². The van der Waals surface area contributed by atoms with E-state index in [-0.39, 0.29) is 11.5 Å². The number of carbonyl (C=O) groups is 1. The first-order valence-corrected chi connectivity index (χ1v) is 3.47. The molecule has 0 aromatic carbocycles. The largest absolute Gasteiger partial charge is 0.515 e.